The molecule has 3 aromatic rings. The van der Waals surface area contributed by atoms with Gasteiger partial charge in [0.25, 0.3) is 0 Å². The SMILES string of the molecule is Cc1cc(Cl)ccc1C(NN)c1cccc2ccccc12. The highest BCUT2D eigenvalue weighted by molar-refractivity contribution is 6.30. The van der Waals surface area contributed by atoms with Crippen LogP contribution >= 0.6 is 11.6 Å². The Kier molecular flexibility index (Phi) is 3.93. The summed E-state index contributed by atoms with van der Waals surface area (Å²) in [6, 6.07) is 20.5. The molecule has 1 atom stereocenters. The van der Waals surface area contributed by atoms with Crippen molar-refractivity contribution in [2.24, 2.45) is 5.84 Å². The molecule has 0 aliphatic rings. The summed E-state index contributed by atoms with van der Waals surface area (Å²) >= 11 is 6.05. The van der Waals surface area contributed by atoms with Gasteiger partial charge < -0.3 is 0 Å². The standard InChI is InChI=1S/C18H17ClN2/c1-12-11-14(19)9-10-15(12)18(21-20)17-8-4-6-13-5-2-3-7-16(13)17/h2-11,18,21H,20H2,1H3. The number of fused-ring (bicyclic) bond motifs is 1. The van der Waals surface area contributed by atoms with Gasteiger partial charge >= 0.3 is 0 Å². The van der Waals surface area contributed by atoms with Crippen LogP contribution in [0.1, 0.15) is 22.7 Å². The summed E-state index contributed by atoms with van der Waals surface area (Å²) in [7, 11) is 0. The van der Waals surface area contributed by atoms with Gasteiger partial charge in [-0.25, -0.2) is 5.43 Å². The van der Waals surface area contributed by atoms with E-state index in [0.717, 1.165) is 16.1 Å². The number of rotatable bonds is 3. The Bertz CT molecular complexity index is 778. The van der Waals surface area contributed by atoms with Crippen molar-refractivity contribution in [2.75, 3.05) is 0 Å². The van der Waals surface area contributed by atoms with E-state index in [1.54, 1.807) is 0 Å². The van der Waals surface area contributed by atoms with Crippen molar-refractivity contribution in [3.8, 4) is 0 Å². The number of benzene rings is 3. The Hall–Kier alpha value is -1.87. The number of hydrazine groups is 1. The lowest BCUT2D eigenvalue weighted by atomic mass is 9.92. The van der Waals surface area contributed by atoms with Crippen molar-refractivity contribution < 1.29 is 0 Å². The smallest absolute Gasteiger partial charge is 0.0718 e. The highest BCUT2D eigenvalue weighted by Gasteiger charge is 2.17. The van der Waals surface area contributed by atoms with Gasteiger partial charge in [0.05, 0.1) is 6.04 Å². The second kappa shape index (κ2) is 5.86. The van der Waals surface area contributed by atoms with Crippen LogP contribution in [0.4, 0.5) is 0 Å². The third kappa shape index (κ3) is 2.66. The molecule has 0 amide bonds. The van der Waals surface area contributed by atoms with Crippen molar-refractivity contribution in [3.05, 3.63) is 82.4 Å². The predicted octanol–water partition coefficient (Wildman–Crippen LogP) is 4.35. The zero-order chi connectivity index (χ0) is 14.8. The van der Waals surface area contributed by atoms with Crippen molar-refractivity contribution in [2.45, 2.75) is 13.0 Å². The zero-order valence-electron chi connectivity index (χ0n) is 11.8. The van der Waals surface area contributed by atoms with Crippen LogP contribution < -0.4 is 11.3 Å². The van der Waals surface area contributed by atoms with Crippen molar-refractivity contribution in [1.82, 2.24) is 5.43 Å². The molecule has 21 heavy (non-hydrogen) atoms. The van der Waals surface area contributed by atoms with E-state index in [-0.39, 0.29) is 6.04 Å². The molecule has 0 spiro atoms. The predicted molar refractivity (Wildman–Crippen MR) is 89.3 cm³/mol. The summed E-state index contributed by atoms with van der Waals surface area (Å²) in [4.78, 5) is 0. The first kappa shape index (κ1) is 14.1. The van der Waals surface area contributed by atoms with E-state index in [0.29, 0.717) is 0 Å². The Morgan fingerprint density at radius 1 is 0.952 bits per heavy atom. The molecule has 2 nitrogen and oxygen atoms in total. The Labute approximate surface area is 129 Å². The molecule has 0 fully saturated rings. The molecule has 0 bridgehead atoms. The fourth-order valence-electron chi connectivity index (χ4n) is 2.81. The largest absolute Gasteiger partial charge is 0.271 e. The summed E-state index contributed by atoms with van der Waals surface area (Å²) < 4.78 is 0. The van der Waals surface area contributed by atoms with E-state index >= 15 is 0 Å². The minimum absolute atomic E-state index is 0.0617. The van der Waals surface area contributed by atoms with Gasteiger partial charge in [-0.15, -0.1) is 0 Å². The van der Waals surface area contributed by atoms with E-state index < -0.39 is 0 Å². The fraction of sp³-hybridized carbons (Fsp3) is 0.111. The summed E-state index contributed by atoms with van der Waals surface area (Å²) in [6.45, 7) is 2.05. The van der Waals surface area contributed by atoms with Crippen molar-refractivity contribution in [1.29, 1.82) is 0 Å². The topological polar surface area (TPSA) is 38.0 Å². The maximum atomic E-state index is 6.05. The van der Waals surface area contributed by atoms with Crippen LogP contribution in [-0.4, -0.2) is 0 Å². The van der Waals surface area contributed by atoms with E-state index in [2.05, 4.69) is 42.7 Å². The van der Waals surface area contributed by atoms with Crippen molar-refractivity contribution >= 4 is 22.4 Å². The lowest BCUT2D eigenvalue weighted by Gasteiger charge is -2.21. The van der Waals surface area contributed by atoms with Crippen molar-refractivity contribution in [3.63, 3.8) is 0 Å². The average Bonchev–Trinajstić information content (AvgIpc) is 2.50. The van der Waals surface area contributed by atoms with Gasteiger partial charge in [-0.05, 0) is 46.5 Å². The molecule has 0 saturated heterocycles. The van der Waals surface area contributed by atoms with Gasteiger partial charge in [-0.3, -0.25) is 5.84 Å². The molecule has 3 rings (SSSR count). The van der Waals surface area contributed by atoms with E-state index in [1.165, 1.54) is 16.3 Å². The minimum atomic E-state index is -0.0617. The molecule has 0 saturated carbocycles. The molecule has 0 aliphatic heterocycles. The minimum Gasteiger partial charge on any atom is -0.271 e. The van der Waals surface area contributed by atoms with Gasteiger partial charge in [0, 0.05) is 5.02 Å². The van der Waals surface area contributed by atoms with Crippen LogP contribution in [0.2, 0.25) is 5.02 Å². The average molecular weight is 297 g/mol. The van der Waals surface area contributed by atoms with Crippen LogP contribution in [0.15, 0.2) is 60.7 Å². The Morgan fingerprint density at radius 3 is 2.48 bits per heavy atom. The van der Waals surface area contributed by atoms with Crippen LogP contribution in [0.25, 0.3) is 10.8 Å². The van der Waals surface area contributed by atoms with Crippen LogP contribution in [0, 0.1) is 6.92 Å². The Morgan fingerprint density at radius 2 is 1.71 bits per heavy atom. The normalized spacial score (nSPS) is 12.5. The lowest BCUT2D eigenvalue weighted by Crippen LogP contribution is -2.29. The molecule has 3 N–H and O–H groups in total. The summed E-state index contributed by atoms with van der Waals surface area (Å²) in [5, 5.41) is 3.16. The molecule has 3 heteroatoms. The summed E-state index contributed by atoms with van der Waals surface area (Å²) in [6.07, 6.45) is 0. The van der Waals surface area contributed by atoms with E-state index in [4.69, 9.17) is 17.4 Å². The number of hydrogen-bond acceptors (Lipinski definition) is 2. The number of nitrogens with one attached hydrogen (secondary N) is 1. The second-order valence-corrected chi connectivity index (χ2v) is 5.61. The molecule has 106 valence electrons. The first-order chi connectivity index (χ1) is 10.2. The molecule has 1 unspecified atom stereocenters. The number of nitrogens with two attached hydrogens (primary N) is 1. The molecule has 0 radical (unpaired) electrons. The molecular weight excluding hydrogens is 280 g/mol. The van der Waals surface area contributed by atoms with Gasteiger partial charge in [-0.2, -0.15) is 0 Å². The molecule has 0 aliphatic carbocycles. The van der Waals surface area contributed by atoms with Crippen LogP contribution in [0.3, 0.4) is 0 Å². The van der Waals surface area contributed by atoms with Gasteiger partial charge in [-0.1, -0.05) is 60.1 Å². The van der Waals surface area contributed by atoms with Gasteiger partial charge in [0.2, 0.25) is 0 Å². The number of halogens is 1. The van der Waals surface area contributed by atoms with Crippen LogP contribution in [-0.2, 0) is 0 Å². The summed E-state index contributed by atoms with van der Waals surface area (Å²) in [5.74, 6) is 5.85. The lowest BCUT2D eigenvalue weighted by molar-refractivity contribution is 0.638. The molecule has 3 aromatic carbocycles. The third-order valence-electron chi connectivity index (χ3n) is 3.84. The zero-order valence-corrected chi connectivity index (χ0v) is 12.6. The van der Waals surface area contributed by atoms with Crippen LogP contribution in [0.5, 0.6) is 0 Å². The van der Waals surface area contributed by atoms with E-state index in [1.807, 2.05) is 30.3 Å². The van der Waals surface area contributed by atoms with E-state index in [9.17, 15) is 0 Å². The summed E-state index contributed by atoms with van der Waals surface area (Å²) in [5.41, 5.74) is 6.37. The maximum absolute atomic E-state index is 6.05. The number of hydrogen-bond donors (Lipinski definition) is 2. The van der Waals surface area contributed by atoms with Gasteiger partial charge in [0.1, 0.15) is 0 Å². The number of aryl methyl sites for hydroxylation is 1. The quantitative estimate of drug-likeness (QED) is 0.557. The van der Waals surface area contributed by atoms with Gasteiger partial charge in [0.15, 0.2) is 0 Å². The monoisotopic (exact) mass is 296 g/mol. The Balaban J connectivity index is 2.18. The second-order valence-electron chi connectivity index (χ2n) is 5.17. The first-order valence-corrected chi connectivity index (χ1v) is 7.28. The fourth-order valence-corrected chi connectivity index (χ4v) is 3.04. The molecule has 0 aromatic heterocycles. The highest BCUT2D eigenvalue weighted by Crippen LogP contribution is 2.31. The molecular formula is C18H17ClN2. The third-order valence-corrected chi connectivity index (χ3v) is 4.08. The highest BCUT2D eigenvalue weighted by atomic mass is 35.5. The first-order valence-electron chi connectivity index (χ1n) is 6.90. The molecule has 0 heterocycles. The maximum Gasteiger partial charge on any atom is 0.0718 e.